The molecule has 0 unspecified atom stereocenters. The predicted molar refractivity (Wildman–Crippen MR) is 163 cm³/mol. The molecule has 0 saturated carbocycles. The van der Waals surface area contributed by atoms with Crippen molar-refractivity contribution in [2.75, 3.05) is 20.1 Å². The summed E-state index contributed by atoms with van der Waals surface area (Å²) in [5.74, 6) is -1.06. The number of nitrogens with zero attached hydrogens (tertiary/aromatic N) is 3. The van der Waals surface area contributed by atoms with Crippen molar-refractivity contribution in [2.45, 2.75) is 83.5 Å². The number of hydrogen-bond acceptors (Lipinski definition) is 5. The van der Waals surface area contributed by atoms with Crippen LogP contribution in [0.2, 0.25) is 0 Å². The molecule has 5 heterocycles. The van der Waals surface area contributed by atoms with Crippen LogP contribution >= 0.6 is 15.9 Å². The Morgan fingerprint density at radius 3 is 2.76 bits per heavy atom. The van der Waals surface area contributed by atoms with E-state index in [-0.39, 0.29) is 41.6 Å². The summed E-state index contributed by atoms with van der Waals surface area (Å²) in [5, 5.41) is 4.34. The molecule has 9 nitrogen and oxygen atoms in total. The summed E-state index contributed by atoms with van der Waals surface area (Å²) in [6, 6.07) is 5.67. The smallest absolute Gasteiger partial charge is 0.279 e. The van der Waals surface area contributed by atoms with Crippen LogP contribution in [0.25, 0.3) is 16.5 Å². The largest absolute Gasteiger partial charge is 0.349 e. The van der Waals surface area contributed by atoms with Gasteiger partial charge in [-0.3, -0.25) is 24.2 Å². The number of halogens is 1. The SMILES string of the molecule is CC(C)C[C@@H]1C(=O)N2CCC[C@@H]2[C@@H]2O[C@](NC(=O)[C@H]3C=C4c5cccc6[nH]c(Br)c(c56)C[C@H]4N(C)C3)(C(C)C)C(=O)N12. The van der Waals surface area contributed by atoms with Gasteiger partial charge in [-0.15, -0.1) is 0 Å². The molecule has 3 fully saturated rings. The molecular formula is C32H40BrN5O4. The van der Waals surface area contributed by atoms with Crippen molar-refractivity contribution in [1.29, 1.82) is 0 Å². The molecule has 224 valence electrons. The Balaban J connectivity index is 1.23. The second kappa shape index (κ2) is 9.92. The normalized spacial score (nSPS) is 32.5. The number of fused-ring (bicyclic) bond motifs is 5. The Kier molecular flexibility index (Phi) is 6.64. The summed E-state index contributed by atoms with van der Waals surface area (Å²) >= 11 is 3.72. The number of aromatic amines is 1. The Morgan fingerprint density at radius 2 is 2.02 bits per heavy atom. The molecule has 2 N–H and O–H groups in total. The lowest BCUT2D eigenvalue weighted by Crippen LogP contribution is -2.65. The highest BCUT2D eigenvalue weighted by molar-refractivity contribution is 9.10. The second-order valence-corrected chi connectivity index (χ2v) is 14.3. The van der Waals surface area contributed by atoms with Crippen LogP contribution in [0.4, 0.5) is 0 Å². The number of ether oxygens (including phenoxy) is 1. The number of carbonyl (C=O) groups is 3. The minimum Gasteiger partial charge on any atom is -0.349 e. The van der Waals surface area contributed by atoms with Crippen LogP contribution in [-0.4, -0.2) is 87.6 Å². The number of likely N-dealkylation sites (N-methyl/N-ethyl adjacent to an activating group) is 1. The van der Waals surface area contributed by atoms with Gasteiger partial charge in [0.15, 0.2) is 6.23 Å². The first-order valence-corrected chi connectivity index (χ1v) is 16.2. The first kappa shape index (κ1) is 28.1. The monoisotopic (exact) mass is 637 g/mol. The van der Waals surface area contributed by atoms with Gasteiger partial charge in [-0.05, 0) is 77.3 Å². The fraction of sp³-hybridized carbons (Fsp3) is 0.594. The second-order valence-electron chi connectivity index (χ2n) is 13.5. The maximum atomic E-state index is 14.4. The van der Waals surface area contributed by atoms with Crippen LogP contribution in [0.1, 0.15) is 58.1 Å². The number of aromatic nitrogens is 1. The summed E-state index contributed by atoms with van der Waals surface area (Å²) in [4.78, 5) is 51.4. The van der Waals surface area contributed by atoms with Gasteiger partial charge < -0.3 is 19.9 Å². The maximum absolute atomic E-state index is 14.4. The van der Waals surface area contributed by atoms with Crippen molar-refractivity contribution in [3.63, 3.8) is 0 Å². The molecular weight excluding hydrogens is 598 g/mol. The Labute approximate surface area is 255 Å². The molecule has 3 amide bonds. The number of carbonyl (C=O) groups excluding carboxylic acids is 3. The van der Waals surface area contributed by atoms with Crippen LogP contribution in [0, 0.1) is 17.8 Å². The van der Waals surface area contributed by atoms with Crippen LogP contribution in [0.3, 0.4) is 0 Å². The Bertz CT molecular complexity index is 1520. The zero-order valence-corrected chi connectivity index (χ0v) is 26.5. The average Bonchev–Trinajstić information content (AvgIpc) is 3.63. The first-order valence-electron chi connectivity index (χ1n) is 15.4. The third-order valence-electron chi connectivity index (χ3n) is 10.2. The number of nitrogens with one attached hydrogen (secondary N) is 2. The van der Waals surface area contributed by atoms with Crippen LogP contribution in [0.5, 0.6) is 0 Å². The lowest BCUT2D eigenvalue weighted by Gasteiger charge is -2.44. The van der Waals surface area contributed by atoms with E-state index >= 15 is 0 Å². The lowest BCUT2D eigenvalue weighted by molar-refractivity contribution is -0.172. The molecule has 7 rings (SSSR count). The van der Waals surface area contributed by atoms with Gasteiger partial charge in [-0.1, -0.05) is 45.9 Å². The quantitative estimate of drug-likeness (QED) is 0.519. The maximum Gasteiger partial charge on any atom is 0.279 e. The highest BCUT2D eigenvalue weighted by Crippen LogP contribution is 2.45. The summed E-state index contributed by atoms with van der Waals surface area (Å²) in [6.45, 7) is 9.19. The van der Waals surface area contributed by atoms with E-state index in [1.165, 1.54) is 10.9 Å². The molecule has 4 aliphatic heterocycles. The Morgan fingerprint density at radius 1 is 1.24 bits per heavy atom. The summed E-state index contributed by atoms with van der Waals surface area (Å²) < 4.78 is 7.71. The predicted octanol–water partition coefficient (Wildman–Crippen LogP) is 3.87. The topological polar surface area (TPSA) is 98.0 Å². The van der Waals surface area contributed by atoms with Gasteiger partial charge in [-0.25, -0.2) is 0 Å². The summed E-state index contributed by atoms with van der Waals surface area (Å²) in [5.41, 5.74) is 3.12. The molecule has 0 radical (unpaired) electrons. The van der Waals surface area contributed by atoms with Crippen LogP contribution in [0.15, 0.2) is 28.9 Å². The minimum absolute atomic E-state index is 0.0113. The van der Waals surface area contributed by atoms with Crippen LogP contribution in [-0.2, 0) is 25.5 Å². The fourth-order valence-electron chi connectivity index (χ4n) is 8.07. The van der Waals surface area contributed by atoms with E-state index < -0.39 is 23.9 Å². The number of amides is 3. The number of piperazine rings is 1. The molecule has 0 spiro atoms. The molecule has 1 aromatic carbocycles. The van der Waals surface area contributed by atoms with Crippen molar-refractivity contribution < 1.29 is 19.1 Å². The van der Waals surface area contributed by atoms with Gasteiger partial charge in [0, 0.05) is 36.0 Å². The van der Waals surface area contributed by atoms with Crippen molar-refractivity contribution in [2.24, 2.45) is 17.8 Å². The third-order valence-corrected chi connectivity index (χ3v) is 10.8. The number of H-pyrrole nitrogens is 1. The summed E-state index contributed by atoms with van der Waals surface area (Å²) in [7, 11) is 2.07. The fourth-order valence-corrected chi connectivity index (χ4v) is 8.64. The van der Waals surface area contributed by atoms with E-state index in [1.54, 1.807) is 4.90 Å². The highest BCUT2D eigenvalue weighted by atomic mass is 79.9. The van der Waals surface area contributed by atoms with Crippen molar-refractivity contribution in [1.82, 2.24) is 25.0 Å². The summed E-state index contributed by atoms with van der Waals surface area (Å²) in [6.07, 6.45) is 4.65. The average molecular weight is 639 g/mol. The van der Waals surface area contributed by atoms with Gasteiger partial charge in [0.1, 0.15) is 6.04 Å². The van der Waals surface area contributed by atoms with E-state index in [0.717, 1.165) is 40.5 Å². The number of benzene rings is 1. The standard InChI is InChI=1S/C32H40BrN5O4/c1-16(2)12-25-29(40)37-11-7-10-23(37)30-38(25)31(41)32(42-30,17(3)4)35-28(39)18-13-20-19-8-6-9-22-26(19)21(27(33)34-22)14-24(20)36(5)15-18/h6,8-9,13,16-18,23-25,30,34H,7,10-12,14-15H2,1-5H3,(H,35,39)/t18-,23+,24+,25+,30-,32+/m0/s1. The van der Waals surface area contributed by atoms with Gasteiger partial charge in [0.05, 0.1) is 16.6 Å². The molecule has 3 saturated heterocycles. The van der Waals surface area contributed by atoms with Gasteiger partial charge in [0.2, 0.25) is 17.5 Å². The van der Waals surface area contributed by atoms with E-state index in [1.807, 2.05) is 24.8 Å². The highest BCUT2D eigenvalue weighted by Gasteiger charge is 2.64. The first-order chi connectivity index (χ1) is 20.0. The molecule has 6 atom stereocenters. The van der Waals surface area contributed by atoms with Crippen molar-refractivity contribution in [3.05, 3.63) is 40.0 Å². The lowest BCUT2D eigenvalue weighted by atomic mass is 9.79. The number of hydrogen-bond donors (Lipinski definition) is 2. The molecule has 2 aromatic rings. The zero-order chi connectivity index (χ0) is 29.7. The molecule has 1 aromatic heterocycles. The van der Waals surface area contributed by atoms with Gasteiger partial charge >= 0.3 is 0 Å². The zero-order valence-electron chi connectivity index (χ0n) is 24.9. The molecule has 1 aliphatic carbocycles. The third kappa shape index (κ3) is 3.97. The van der Waals surface area contributed by atoms with Gasteiger partial charge in [0.25, 0.3) is 5.91 Å². The number of rotatable bonds is 5. The molecule has 0 bridgehead atoms. The van der Waals surface area contributed by atoms with Crippen LogP contribution < -0.4 is 5.32 Å². The minimum atomic E-state index is -1.52. The van der Waals surface area contributed by atoms with E-state index in [4.69, 9.17) is 4.74 Å². The Hall–Kier alpha value is -2.69. The van der Waals surface area contributed by atoms with E-state index in [2.05, 4.69) is 70.2 Å². The van der Waals surface area contributed by atoms with Gasteiger partial charge in [-0.2, -0.15) is 0 Å². The molecule has 10 heteroatoms. The van der Waals surface area contributed by atoms with E-state index in [0.29, 0.717) is 19.5 Å². The van der Waals surface area contributed by atoms with Crippen molar-refractivity contribution in [3.8, 4) is 0 Å². The molecule has 5 aliphatic rings. The van der Waals surface area contributed by atoms with Crippen molar-refractivity contribution >= 4 is 50.1 Å². The molecule has 42 heavy (non-hydrogen) atoms. The van der Waals surface area contributed by atoms with E-state index in [9.17, 15) is 14.4 Å².